The first-order valence-corrected chi connectivity index (χ1v) is 7.41. The number of hydrogen-bond donors (Lipinski definition) is 0. The molecular weight excluding hydrogens is 272 g/mol. The van der Waals surface area contributed by atoms with Crippen LogP contribution in [0, 0.1) is 10.8 Å². The van der Waals surface area contributed by atoms with Gasteiger partial charge in [-0.15, -0.1) is 6.58 Å². The molecule has 0 N–H and O–H groups in total. The van der Waals surface area contributed by atoms with Crippen molar-refractivity contribution in [3.63, 3.8) is 0 Å². The highest BCUT2D eigenvalue weighted by Gasteiger charge is 2.52. The van der Waals surface area contributed by atoms with Crippen LogP contribution in [0.1, 0.15) is 38.5 Å². The van der Waals surface area contributed by atoms with Crippen molar-refractivity contribution in [1.82, 2.24) is 0 Å². The van der Waals surface area contributed by atoms with Crippen LogP contribution >= 0.6 is 0 Å². The van der Waals surface area contributed by atoms with Crippen LogP contribution in [-0.2, 0) is 23.8 Å². The lowest BCUT2D eigenvalue weighted by atomic mass is 9.61. The van der Waals surface area contributed by atoms with Crippen LogP contribution in [0.4, 0.5) is 0 Å². The highest BCUT2D eigenvalue weighted by atomic mass is 16.6. The highest BCUT2D eigenvalue weighted by molar-refractivity contribution is 5.80. The number of epoxide rings is 1. The van der Waals surface area contributed by atoms with Crippen molar-refractivity contribution in [2.75, 3.05) is 20.8 Å². The van der Waals surface area contributed by atoms with Crippen LogP contribution in [0.5, 0.6) is 0 Å². The van der Waals surface area contributed by atoms with Crippen molar-refractivity contribution in [1.29, 1.82) is 0 Å². The Hall–Kier alpha value is -1.36. The van der Waals surface area contributed by atoms with Crippen molar-refractivity contribution < 1.29 is 23.8 Å². The fourth-order valence-corrected chi connectivity index (χ4v) is 3.52. The maximum absolute atomic E-state index is 12.2. The molecule has 2 fully saturated rings. The number of ether oxygens (including phenoxy) is 3. The average Bonchev–Trinajstić information content (AvgIpc) is 3.31. The van der Waals surface area contributed by atoms with Crippen molar-refractivity contribution >= 4 is 11.9 Å². The molecule has 0 aromatic heterocycles. The number of hydrogen-bond acceptors (Lipinski definition) is 5. The molecule has 1 aliphatic carbocycles. The third kappa shape index (κ3) is 3.12. The van der Waals surface area contributed by atoms with Crippen LogP contribution in [0.2, 0.25) is 0 Å². The van der Waals surface area contributed by atoms with Crippen molar-refractivity contribution in [3.05, 3.63) is 12.7 Å². The van der Waals surface area contributed by atoms with Crippen LogP contribution in [0.3, 0.4) is 0 Å². The zero-order valence-corrected chi connectivity index (χ0v) is 12.9. The molecule has 1 unspecified atom stereocenters. The van der Waals surface area contributed by atoms with Gasteiger partial charge in [0.25, 0.3) is 0 Å². The van der Waals surface area contributed by atoms with E-state index in [9.17, 15) is 9.59 Å². The Labute approximate surface area is 125 Å². The van der Waals surface area contributed by atoms with E-state index in [4.69, 9.17) is 14.2 Å². The summed E-state index contributed by atoms with van der Waals surface area (Å²) in [6.45, 7) is 4.46. The maximum atomic E-state index is 12.2. The molecule has 1 saturated heterocycles. The second-order valence-corrected chi connectivity index (χ2v) is 6.20. The predicted octanol–water partition coefficient (Wildman–Crippen LogP) is 2.24. The summed E-state index contributed by atoms with van der Waals surface area (Å²) in [6.07, 6.45) is 5.68. The van der Waals surface area contributed by atoms with E-state index in [-0.39, 0.29) is 18.0 Å². The molecule has 5 heteroatoms. The number of carbonyl (C=O) groups excluding carboxylic acids is 2. The van der Waals surface area contributed by atoms with Gasteiger partial charge in [-0.3, -0.25) is 9.59 Å². The van der Waals surface area contributed by atoms with Gasteiger partial charge < -0.3 is 14.2 Å². The van der Waals surface area contributed by atoms with Crippen LogP contribution in [0.25, 0.3) is 0 Å². The topological polar surface area (TPSA) is 65.1 Å². The maximum Gasteiger partial charge on any atom is 0.312 e. The Bertz CT molecular complexity index is 416. The van der Waals surface area contributed by atoms with Gasteiger partial charge in [0.2, 0.25) is 0 Å². The predicted molar refractivity (Wildman–Crippen MR) is 76.5 cm³/mol. The molecule has 118 valence electrons. The highest BCUT2D eigenvalue weighted by Crippen LogP contribution is 2.51. The summed E-state index contributed by atoms with van der Waals surface area (Å²) in [7, 11) is 2.83. The second-order valence-electron chi connectivity index (χ2n) is 6.20. The van der Waals surface area contributed by atoms with Gasteiger partial charge in [-0.2, -0.15) is 0 Å². The van der Waals surface area contributed by atoms with Gasteiger partial charge in [-0.1, -0.05) is 6.08 Å². The summed E-state index contributed by atoms with van der Waals surface area (Å²) < 4.78 is 15.3. The first-order chi connectivity index (χ1) is 10.0. The molecule has 0 radical (unpaired) electrons. The number of methoxy groups -OCH3 is 2. The lowest BCUT2D eigenvalue weighted by molar-refractivity contribution is -0.165. The van der Waals surface area contributed by atoms with E-state index in [1.54, 1.807) is 6.08 Å². The molecule has 0 aromatic rings. The second kappa shape index (κ2) is 6.18. The number of esters is 2. The van der Waals surface area contributed by atoms with Crippen molar-refractivity contribution in [2.24, 2.45) is 10.8 Å². The first-order valence-electron chi connectivity index (χ1n) is 7.41. The third-order valence-corrected chi connectivity index (χ3v) is 4.96. The van der Waals surface area contributed by atoms with E-state index in [1.165, 1.54) is 14.2 Å². The average molecular weight is 296 g/mol. The van der Waals surface area contributed by atoms with Crippen molar-refractivity contribution in [2.45, 2.75) is 44.6 Å². The molecule has 21 heavy (non-hydrogen) atoms. The molecule has 1 aliphatic heterocycles. The summed E-state index contributed by atoms with van der Waals surface area (Å²) in [5, 5.41) is 0. The molecule has 2 rings (SSSR count). The number of rotatable bonds is 6. The zero-order chi connectivity index (χ0) is 15.5. The van der Waals surface area contributed by atoms with E-state index < -0.39 is 10.8 Å². The molecule has 2 aliphatic rings. The minimum Gasteiger partial charge on any atom is -0.469 e. The minimum atomic E-state index is -0.543. The van der Waals surface area contributed by atoms with E-state index >= 15 is 0 Å². The van der Waals surface area contributed by atoms with Crippen LogP contribution in [0.15, 0.2) is 12.7 Å². The minimum absolute atomic E-state index is 0.161. The van der Waals surface area contributed by atoms with E-state index in [2.05, 4.69) is 6.58 Å². The molecule has 0 bridgehead atoms. The lowest BCUT2D eigenvalue weighted by Crippen LogP contribution is -2.44. The van der Waals surface area contributed by atoms with Gasteiger partial charge in [-0.25, -0.2) is 0 Å². The smallest absolute Gasteiger partial charge is 0.312 e. The molecule has 1 heterocycles. The SMILES string of the molecule is C=CCC1(C(=O)OC)CCC(CC2CO2)(C(=O)OC)CC1. The summed E-state index contributed by atoms with van der Waals surface area (Å²) in [4.78, 5) is 24.4. The van der Waals surface area contributed by atoms with Crippen LogP contribution < -0.4 is 0 Å². The quantitative estimate of drug-likeness (QED) is 0.427. The summed E-state index contributed by atoms with van der Waals surface area (Å²) in [5.74, 6) is -0.390. The molecule has 0 spiro atoms. The summed E-state index contributed by atoms with van der Waals surface area (Å²) in [5.41, 5.74) is -1.06. The Morgan fingerprint density at radius 1 is 1.14 bits per heavy atom. The molecule has 1 atom stereocenters. The van der Waals surface area contributed by atoms with Gasteiger partial charge in [0, 0.05) is 0 Å². The van der Waals surface area contributed by atoms with Gasteiger partial charge >= 0.3 is 11.9 Å². The summed E-state index contributed by atoms with van der Waals surface area (Å²) in [6, 6.07) is 0. The Morgan fingerprint density at radius 3 is 2.05 bits per heavy atom. The fraction of sp³-hybridized carbons (Fsp3) is 0.750. The molecule has 0 aromatic carbocycles. The largest absolute Gasteiger partial charge is 0.469 e. The summed E-state index contributed by atoms with van der Waals surface area (Å²) >= 11 is 0. The number of allylic oxidation sites excluding steroid dienone is 1. The third-order valence-electron chi connectivity index (χ3n) is 4.96. The monoisotopic (exact) mass is 296 g/mol. The van der Waals surface area contributed by atoms with E-state index in [1.807, 2.05) is 0 Å². The standard InChI is InChI=1S/C16H24O5/c1-4-5-15(13(17)19-2)6-8-16(9-7-15,14(18)20-3)10-12-11-21-12/h4,12H,1,5-11H2,2-3H3. The van der Waals surface area contributed by atoms with Gasteiger partial charge in [0.05, 0.1) is 37.8 Å². The van der Waals surface area contributed by atoms with E-state index in [0.717, 1.165) is 0 Å². The molecule has 0 amide bonds. The first kappa shape index (κ1) is 16.0. The Kier molecular flexibility index (Phi) is 4.71. The fourth-order valence-electron chi connectivity index (χ4n) is 3.52. The van der Waals surface area contributed by atoms with E-state index in [0.29, 0.717) is 45.1 Å². The van der Waals surface area contributed by atoms with Gasteiger partial charge in [0.15, 0.2) is 0 Å². The van der Waals surface area contributed by atoms with Crippen LogP contribution in [-0.4, -0.2) is 38.9 Å². The lowest BCUT2D eigenvalue weighted by Gasteiger charge is -2.42. The Balaban J connectivity index is 2.14. The van der Waals surface area contributed by atoms with Crippen molar-refractivity contribution in [3.8, 4) is 0 Å². The van der Waals surface area contributed by atoms with Gasteiger partial charge in [0.1, 0.15) is 0 Å². The molecular formula is C16H24O5. The normalized spacial score (nSPS) is 34.9. The van der Waals surface area contributed by atoms with Gasteiger partial charge in [-0.05, 0) is 38.5 Å². The number of carbonyl (C=O) groups is 2. The molecule has 1 saturated carbocycles. The Morgan fingerprint density at radius 2 is 1.62 bits per heavy atom. The molecule has 5 nitrogen and oxygen atoms in total. The zero-order valence-electron chi connectivity index (χ0n) is 12.9.